The van der Waals surface area contributed by atoms with Crippen molar-refractivity contribution in [2.75, 3.05) is 20.7 Å². The van der Waals surface area contributed by atoms with Crippen molar-refractivity contribution in [1.29, 1.82) is 0 Å². The zero-order valence-corrected chi connectivity index (χ0v) is 17.3. The molecule has 0 aliphatic carbocycles. The molecular weight excluding hydrogens is 392 g/mol. The van der Waals surface area contributed by atoms with E-state index >= 15 is 0 Å². The van der Waals surface area contributed by atoms with Crippen LogP contribution >= 0.6 is 0 Å². The van der Waals surface area contributed by atoms with Crippen LogP contribution in [0.3, 0.4) is 0 Å². The maximum absolute atomic E-state index is 12.3. The van der Waals surface area contributed by atoms with Gasteiger partial charge >= 0.3 is 5.97 Å². The summed E-state index contributed by atoms with van der Waals surface area (Å²) in [6.45, 7) is 2.68. The van der Waals surface area contributed by atoms with Gasteiger partial charge in [0.15, 0.2) is 5.70 Å². The maximum atomic E-state index is 12.3. The first-order valence-electron chi connectivity index (χ1n) is 9.09. The molecule has 0 N–H and O–H groups in total. The van der Waals surface area contributed by atoms with Crippen molar-refractivity contribution >= 4 is 28.0 Å². The Morgan fingerprint density at radius 3 is 2.52 bits per heavy atom. The average molecular weight is 414 g/mol. The molecule has 3 rings (SSSR count). The molecule has 1 aliphatic heterocycles. The molecule has 1 heterocycles. The molecule has 2 aromatic rings. The molecule has 0 unspecified atom stereocenters. The Labute approximate surface area is 170 Å². The lowest BCUT2D eigenvalue weighted by atomic mass is 10.2. The fourth-order valence-corrected chi connectivity index (χ4v) is 3.52. The number of aliphatic imine (C=N–C) groups is 1. The van der Waals surface area contributed by atoms with Crippen LogP contribution in [-0.4, -0.2) is 45.3 Å². The lowest BCUT2D eigenvalue weighted by Gasteiger charge is -2.11. The van der Waals surface area contributed by atoms with Gasteiger partial charge in [-0.15, -0.1) is 0 Å². The lowest BCUT2D eigenvalue weighted by Crippen LogP contribution is -2.22. The summed E-state index contributed by atoms with van der Waals surface area (Å²) in [4.78, 5) is 16.5. The number of carbonyl (C=O) groups is 1. The highest BCUT2D eigenvalue weighted by Crippen LogP contribution is 2.22. The predicted molar refractivity (Wildman–Crippen MR) is 110 cm³/mol. The Balaban J connectivity index is 1.86. The molecule has 7 nitrogen and oxygen atoms in total. The summed E-state index contributed by atoms with van der Waals surface area (Å²) < 4.78 is 36.5. The van der Waals surface area contributed by atoms with Gasteiger partial charge in [0.05, 0.1) is 11.5 Å². The smallest absolute Gasteiger partial charge is 0.363 e. The molecule has 8 heteroatoms. The van der Waals surface area contributed by atoms with E-state index < -0.39 is 16.0 Å². The Hall–Kier alpha value is -2.97. The van der Waals surface area contributed by atoms with E-state index in [0.29, 0.717) is 12.2 Å². The minimum absolute atomic E-state index is 0.0694. The monoisotopic (exact) mass is 414 g/mol. The highest BCUT2D eigenvalue weighted by molar-refractivity contribution is 7.89. The second-order valence-electron chi connectivity index (χ2n) is 6.57. The van der Waals surface area contributed by atoms with Gasteiger partial charge in [-0.3, -0.25) is 0 Å². The number of rotatable bonds is 7. The summed E-state index contributed by atoms with van der Waals surface area (Å²) >= 11 is 0. The minimum Gasteiger partial charge on any atom is -0.494 e. The predicted octanol–water partition coefficient (Wildman–Crippen LogP) is 3.07. The van der Waals surface area contributed by atoms with E-state index in [1.54, 1.807) is 18.2 Å². The standard InChI is InChI=1S/C21H22N2O5S/c1-4-12-27-17-10-8-15(9-11-17)13-19-21(24)28-20(22-19)16-6-5-7-18(14-16)29(25,26)23(2)3/h5-11,13-14H,4,12H2,1-3H3/b19-13-. The largest absolute Gasteiger partial charge is 0.494 e. The van der Waals surface area contributed by atoms with Crippen LogP contribution in [0, 0.1) is 0 Å². The zero-order valence-electron chi connectivity index (χ0n) is 16.5. The fourth-order valence-electron chi connectivity index (χ4n) is 2.57. The molecule has 0 fully saturated rings. The number of carbonyl (C=O) groups excluding carboxylic acids is 1. The second-order valence-corrected chi connectivity index (χ2v) is 8.72. The topological polar surface area (TPSA) is 85.3 Å². The summed E-state index contributed by atoms with van der Waals surface area (Å²) in [7, 11) is -0.698. The van der Waals surface area contributed by atoms with Crippen LogP contribution in [0.15, 0.2) is 64.1 Å². The highest BCUT2D eigenvalue weighted by atomic mass is 32.2. The molecule has 0 atom stereocenters. The molecule has 0 aromatic heterocycles. The van der Waals surface area contributed by atoms with Crippen molar-refractivity contribution in [3.8, 4) is 5.75 Å². The van der Waals surface area contributed by atoms with Gasteiger partial charge in [-0.1, -0.05) is 25.1 Å². The van der Waals surface area contributed by atoms with Crippen molar-refractivity contribution < 1.29 is 22.7 Å². The summed E-state index contributed by atoms with van der Waals surface area (Å²) in [6.07, 6.45) is 2.53. The van der Waals surface area contributed by atoms with Crippen molar-refractivity contribution in [3.63, 3.8) is 0 Å². The lowest BCUT2D eigenvalue weighted by molar-refractivity contribution is -0.129. The van der Waals surface area contributed by atoms with E-state index in [1.165, 1.54) is 26.2 Å². The summed E-state index contributed by atoms with van der Waals surface area (Å²) in [5.41, 5.74) is 1.32. The Kier molecular flexibility index (Phi) is 6.14. The molecule has 0 amide bonds. The number of esters is 1. The molecule has 0 bridgehead atoms. The molecule has 0 radical (unpaired) electrons. The molecular formula is C21H22N2O5S. The van der Waals surface area contributed by atoms with Gasteiger partial charge in [0.1, 0.15) is 5.75 Å². The zero-order chi connectivity index (χ0) is 21.0. The van der Waals surface area contributed by atoms with E-state index in [2.05, 4.69) is 4.99 Å². The Morgan fingerprint density at radius 1 is 1.14 bits per heavy atom. The van der Waals surface area contributed by atoms with E-state index in [9.17, 15) is 13.2 Å². The molecule has 0 spiro atoms. The summed E-state index contributed by atoms with van der Waals surface area (Å²) in [6, 6.07) is 13.4. The van der Waals surface area contributed by atoms with Crippen molar-refractivity contribution in [1.82, 2.24) is 4.31 Å². The van der Waals surface area contributed by atoms with Gasteiger partial charge in [0.2, 0.25) is 15.9 Å². The Morgan fingerprint density at radius 2 is 1.86 bits per heavy atom. The third-order valence-electron chi connectivity index (χ3n) is 4.14. The number of sulfonamides is 1. The maximum Gasteiger partial charge on any atom is 0.363 e. The summed E-state index contributed by atoms with van der Waals surface area (Å²) in [5, 5.41) is 0. The molecule has 2 aromatic carbocycles. The van der Waals surface area contributed by atoms with Crippen LogP contribution in [0.4, 0.5) is 0 Å². The number of ether oxygens (including phenoxy) is 2. The van der Waals surface area contributed by atoms with Gasteiger partial charge in [-0.05, 0) is 48.4 Å². The number of hydrogen-bond donors (Lipinski definition) is 0. The van der Waals surface area contributed by atoms with E-state index in [0.717, 1.165) is 22.0 Å². The quantitative estimate of drug-likeness (QED) is 0.513. The van der Waals surface area contributed by atoms with Crippen LogP contribution in [0.1, 0.15) is 24.5 Å². The molecule has 0 saturated heterocycles. The molecule has 29 heavy (non-hydrogen) atoms. The summed E-state index contributed by atoms with van der Waals surface area (Å²) in [5.74, 6) is 0.234. The van der Waals surface area contributed by atoms with Crippen LogP contribution < -0.4 is 4.74 Å². The van der Waals surface area contributed by atoms with Gasteiger partial charge in [-0.25, -0.2) is 22.5 Å². The molecule has 1 aliphatic rings. The number of benzene rings is 2. The van der Waals surface area contributed by atoms with E-state index in [1.807, 2.05) is 31.2 Å². The van der Waals surface area contributed by atoms with Crippen molar-refractivity contribution in [2.45, 2.75) is 18.2 Å². The van der Waals surface area contributed by atoms with Crippen LogP contribution in [0.2, 0.25) is 0 Å². The van der Waals surface area contributed by atoms with Gasteiger partial charge in [0.25, 0.3) is 0 Å². The normalized spacial score (nSPS) is 15.5. The first-order chi connectivity index (χ1) is 13.8. The highest BCUT2D eigenvalue weighted by Gasteiger charge is 2.26. The Bertz CT molecular complexity index is 1070. The number of hydrogen-bond acceptors (Lipinski definition) is 6. The molecule has 0 saturated carbocycles. The van der Waals surface area contributed by atoms with Crippen LogP contribution in [-0.2, 0) is 19.6 Å². The number of cyclic esters (lactones) is 1. The van der Waals surface area contributed by atoms with Crippen LogP contribution in [0.5, 0.6) is 5.75 Å². The second kappa shape index (κ2) is 8.59. The number of nitrogens with zero attached hydrogens (tertiary/aromatic N) is 2. The van der Waals surface area contributed by atoms with E-state index in [-0.39, 0.29) is 16.5 Å². The van der Waals surface area contributed by atoms with Gasteiger partial charge in [-0.2, -0.15) is 0 Å². The third kappa shape index (κ3) is 4.72. The van der Waals surface area contributed by atoms with E-state index in [4.69, 9.17) is 9.47 Å². The van der Waals surface area contributed by atoms with Crippen molar-refractivity contribution in [2.24, 2.45) is 4.99 Å². The molecule has 152 valence electrons. The first kappa shape index (κ1) is 20.8. The van der Waals surface area contributed by atoms with Gasteiger partial charge in [0, 0.05) is 19.7 Å². The fraction of sp³-hybridized carbons (Fsp3) is 0.238. The van der Waals surface area contributed by atoms with Gasteiger partial charge < -0.3 is 9.47 Å². The first-order valence-corrected chi connectivity index (χ1v) is 10.5. The minimum atomic E-state index is -3.60. The van der Waals surface area contributed by atoms with Crippen LogP contribution in [0.25, 0.3) is 6.08 Å². The van der Waals surface area contributed by atoms with Crippen molar-refractivity contribution in [3.05, 3.63) is 65.4 Å². The SMILES string of the molecule is CCCOc1ccc(/C=C2\N=C(c3cccc(S(=O)(=O)N(C)C)c3)OC2=O)cc1. The average Bonchev–Trinajstić information content (AvgIpc) is 3.08. The third-order valence-corrected chi connectivity index (χ3v) is 5.95.